The summed E-state index contributed by atoms with van der Waals surface area (Å²) in [5.74, 6) is -0.760. The van der Waals surface area contributed by atoms with Crippen LogP contribution >= 0.6 is 0 Å². The smallest absolute Gasteiger partial charge is 0.496 e. The third-order valence-corrected chi connectivity index (χ3v) is 3.39. The standard InChI is InChI=1S/C17H16F3N3O3/c1-25-14-8-13(26-17(18,19)20)7-6-12(14)9-23-16(24)11-4-2-10(3-5-11)15(21)22/h2-8H,9H2,1H3,(H3,21,22)(H,23,24). The zero-order chi connectivity index (χ0) is 19.3. The van der Waals surface area contributed by atoms with E-state index in [9.17, 15) is 18.0 Å². The molecule has 0 saturated heterocycles. The van der Waals surface area contributed by atoms with Crippen LogP contribution in [0.25, 0.3) is 0 Å². The van der Waals surface area contributed by atoms with Crippen LogP contribution in [-0.2, 0) is 6.54 Å². The minimum absolute atomic E-state index is 0.0444. The molecular weight excluding hydrogens is 351 g/mol. The zero-order valence-electron chi connectivity index (χ0n) is 13.7. The highest BCUT2D eigenvalue weighted by molar-refractivity contribution is 5.98. The molecule has 2 aromatic carbocycles. The average molecular weight is 367 g/mol. The lowest BCUT2D eigenvalue weighted by Crippen LogP contribution is -2.23. The van der Waals surface area contributed by atoms with E-state index in [0.29, 0.717) is 16.7 Å². The molecule has 138 valence electrons. The summed E-state index contributed by atoms with van der Waals surface area (Å²) in [7, 11) is 1.30. The van der Waals surface area contributed by atoms with Crippen molar-refractivity contribution in [3.05, 3.63) is 59.2 Å². The first-order valence-corrected chi connectivity index (χ1v) is 7.35. The van der Waals surface area contributed by atoms with Crippen molar-refractivity contribution in [2.24, 2.45) is 5.73 Å². The van der Waals surface area contributed by atoms with E-state index < -0.39 is 18.0 Å². The number of hydrogen-bond acceptors (Lipinski definition) is 4. The van der Waals surface area contributed by atoms with E-state index in [-0.39, 0.29) is 18.1 Å². The van der Waals surface area contributed by atoms with Gasteiger partial charge in [0, 0.05) is 29.3 Å². The van der Waals surface area contributed by atoms with Crippen molar-refractivity contribution in [3.8, 4) is 11.5 Å². The van der Waals surface area contributed by atoms with Gasteiger partial charge in [0.2, 0.25) is 0 Å². The van der Waals surface area contributed by atoms with Gasteiger partial charge in [0.15, 0.2) is 0 Å². The quantitative estimate of drug-likeness (QED) is 0.540. The van der Waals surface area contributed by atoms with Crippen LogP contribution in [0.3, 0.4) is 0 Å². The molecule has 26 heavy (non-hydrogen) atoms. The molecule has 0 heterocycles. The van der Waals surface area contributed by atoms with E-state index in [2.05, 4.69) is 10.1 Å². The monoisotopic (exact) mass is 367 g/mol. The zero-order valence-corrected chi connectivity index (χ0v) is 13.7. The molecular formula is C17H16F3N3O3. The predicted molar refractivity (Wildman–Crippen MR) is 88.3 cm³/mol. The third-order valence-electron chi connectivity index (χ3n) is 3.39. The molecule has 2 rings (SSSR count). The number of hydrogen-bond donors (Lipinski definition) is 3. The number of nitrogens with two attached hydrogens (primary N) is 1. The summed E-state index contributed by atoms with van der Waals surface area (Å²) in [6, 6.07) is 9.73. The number of amidine groups is 1. The fourth-order valence-corrected chi connectivity index (χ4v) is 2.15. The molecule has 0 fully saturated rings. The van der Waals surface area contributed by atoms with Gasteiger partial charge in [0.05, 0.1) is 7.11 Å². The largest absolute Gasteiger partial charge is 0.573 e. The second-order valence-electron chi connectivity index (χ2n) is 5.20. The summed E-state index contributed by atoms with van der Waals surface area (Å²) in [4.78, 5) is 12.1. The number of methoxy groups -OCH3 is 1. The Hall–Kier alpha value is -3.23. The number of nitrogens with one attached hydrogen (secondary N) is 2. The Morgan fingerprint density at radius 3 is 2.31 bits per heavy atom. The molecule has 0 aliphatic rings. The average Bonchev–Trinajstić information content (AvgIpc) is 2.58. The Morgan fingerprint density at radius 1 is 1.15 bits per heavy atom. The van der Waals surface area contributed by atoms with Gasteiger partial charge in [-0.1, -0.05) is 12.1 Å². The number of rotatable bonds is 6. The van der Waals surface area contributed by atoms with Gasteiger partial charge in [-0.2, -0.15) is 0 Å². The summed E-state index contributed by atoms with van der Waals surface area (Å²) in [6.45, 7) is 0.0444. The summed E-state index contributed by atoms with van der Waals surface area (Å²) < 4.78 is 45.6. The Bertz CT molecular complexity index is 805. The number of benzene rings is 2. The molecule has 0 aliphatic heterocycles. The second-order valence-corrected chi connectivity index (χ2v) is 5.20. The molecule has 6 nitrogen and oxygen atoms in total. The number of nitrogen functional groups attached to an aromatic ring is 1. The molecule has 0 unspecified atom stereocenters. The van der Waals surface area contributed by atoms with Gasteiger partial charge in [-0.3, -0.25) is 10.2 Å². The van der Waals surface area contributed by atoms with Crippen molar-refractivity contribution in [1.82, 2.24) is 5.32 Å². The molecule has 1 amide bonds. The minimum Gasteiger partial charge on any atom is -0.496 e. The first kappa shape index (κ1) is 19.1. The maximum atomic E-state index is 12.3. The highest BCUT2D eigenvalue weighted by Gasteiger charge is 2.31. The van der Waals surface area contributed by atoms with E-state index in [1.807, 2.05) is 0 Å². The number of halogens is 3. The normalized spacial score (nSPS) is 10.9. The van der Waals surface area contributed by atoms with Gasteiger partial charge < -0.3 is 20.5 Å². The lowest BCUT2D eigenvalue weighted by Gasteiger charge is -2.13. The number of alkyl halides is 3. The highest BCUT2D eigenvalue weighted by Crippen LogP contribution is 2.29. The minimum atomic E-state index is -4.80. The first-order valence-electron chi connectivity index (χ1n) is 7.35. The van der Waals surface area contributed by atoms with Gasteiger partial charge in [-0.05, 0) is 24.3 Å². The summed E-state index contributed by atoms with van der Waals surface area (Å²) in [5, 5.41) is 9.95. The Kier molecular flexibility index (Phi) is 5.71. The maximum Gasteiger partial charge on any atom is 0.573 e. The Labute approximate surface area is 147 Å². The van der Waals surface area contributed by atoms with Crippen LogP contribution in [0.4, 0.5) is 13.2 Å². The number of ether oxygens (including phenoxy) is 2. The molecule has 9 heteroatoms. The molecule has 4 N–H and O–H groups in total. The number of carbonyl (C=O) groups is 1. The Balaban J connectivity index is 2.06. The molecule has 2 aromatic rings. The SMILES string of the molecule is COc1cc(OC(F)(F)F)ccc1CNC(=O)c1ccc(C(=N)N)cc1. The predicted octanol–water partition coefficient (Wildman–Crippen LogP) is 2.81. The van der Waals surface area contributed by atoms with E-state index in [0.717, 1.165) is 12.1 Å². The molecule has 0 aromatic heterocycles. The van der Waals surface area contributed by atoms with Crippen LogP contribution in [0, 0.1) is 5.41 Å². The van der Waals surface area contributed by atoms with E-state index in [1.165, 1.54) is 25.3 Å². The van der Waals surface area contributed by atoms with Crippen molar-refractivity contribution >= 4 is 11.7 Å². The van der Waals surface area contributed by atoms with Gasteiger partial charge >= 0.3 is 6.36 Å². The molecule has 0 radical (unpaired) electrons. The summed E-state index contributed by atoms with van der Waals surface area (Å²) in [6.07, 6.45) is -4.80. The molecule has 0 spiro atoms. The fourth-order valence-electron chi connectivity index (χ4n) is 2.15. The second kappa shape index (κ2) is 7.77. The maximum absolute atomic E-state index is 12.3. The van der Waals surface area contributed by atoms with Crippen molar-refractivity contribution < 1.29 is 27.4 Å². The van der Waals surface area contributed by atoms with Crippen molar-refractivity contribution in [1.29, 1.82) is 5.41 Å². The fraction of sp³-hybridized carbons (Fsp3) is 0.176. The summed E-state index contributed by atoms with van der Waals surface area (Å²) in [5.41, 5.74) is 6.67. The number of carbonyl (C=O) groups excluding carboxylic acids is 1. The number of amides is 1. The van der Waals surface area contributed by atoms with Crippen LogP contribution in [0.15, 0.2) is 42.5 Å². The molecule has 0 saturated carbocycles. The van der Waals surface area contributed by atoms with Crippen LogP contribution in [0.1, 0.15) is 21.5 Å². The lowest BCUT2D eigenvalue weighted by atomic mass is 10.1. The molecule has 0 bridgehead atoms. The van der Waals surface area contributed by atoms with Gasteiger partial charge in [-0.25, -0.2) is 0 Å². The third kappa shape index (κ3) is 5.13. The van der Waals surface area contributed by atoms with E-state index in [1.54, 1.807) is 12.1 Å². The van der Waals surface area contributed by atoms with Crippen LogP contribution < -0.4 is 20.5 Å². The van der Waals surface area contributed by atoms with Crippen LogP contribution in [-0.4, -0.2) is 25.2 Å². The van der Waals surface area contributed by atoms with Gasteiger partial charge in [0.1, 0.15) is 17.3 Å². The van der Waals surface area contributed by atoms with Crippen molar-refractivity contribution in [2.45, 2.75) is 12.9 Å². The molecule has 0 atom stereocenters. The topological polar surface area (TPSA) is 97.4 Å². The van der Waals surface area contributed by atoms with E-state index in [4.69, 9.17) is 15.9 Å². The molecule has 0 aliphatic carbocycles. The highest BCUT2D eigenvalue weighted by atomic mass is 19.4. The van der Waals surface area contributed by atoms with Crippen molar-refractivity contribution in [3.63, 3.8) is 0 Å². The lowest BCUT2D eigenvalue weighted by molar-refractivity contribution is -0.274. The van der Waals surface area contributed by atoms with Gasteiger partial charge in [-0.15, -0.1) is 13.2 Å². The Morgan fingerprint density at radius 2 is 1.77 bits per heavy atom. The summed E-state index contributed by atoms with van der Waals surface area (Å²) >= 11 is 0. The van der Waals surface area contributed by atoms with Gasteiger partial charge in [0.25, 0.3) is 5.91 Å². The first-order chi connectivity index (χ1) is 12.2. The van der Waals surface area contributed by atoms with Crippen LogP contribution in [0.5, 0.6) is 11.5 Å². The van der Waals surface area contributed by atoms with Crippen molar-refractivity contribution in [2.75, 3.05) is 7.11 Å². The van der Waals surface area contributed by atoms with Crippen LogP contribution in [0.2, 0.25) is 0 Å². The van der Waals surface area contributed by atoms with E-state index >= 15 is 0 Å².